The summed E-state index contributed by atoms with van der Waals surface area (Å²) in [5, 5.41) is 11.0. The predicted octanol–water partition coefficient (Wildman–Crippen LogP) is 0.662. The summed E-state index contributed by atoms with van der Waals surface area (Å²) in [5.74, 6) is 0. The van der Waals surface area contributed by atoms with E-state index in [0.717, 1.165) is 13.1 Å². The zero-order chi connectivity index (χ0) is 10.3. The van der Waals surface area contributed by atoms with Crippen LogP contribution in [-0.2, 0) is 6.54 Å². The smallest absolute Gasteiger partial charge is 0.0541 e. The summed E-state index contributed by atoms with van der Waals surface area (Å²) in [4.78, 5) is 2.51. The Morgan fingerprint density at radius 2 is 2.13 bits per heavy atom. The quantitative estimate of drug-likeness (QED) is 0.719. The number of aromatic nitrogens is 2. The normalized spacial score (nSPS) is 17.1. The Morgan fingerprint density at radius 3 is 2.87 bits per heavy atom. The fourth-order valence-corrected chi connectivity index (χ4v) is 1.90. The van der Waals surface area contributed by atoms with E-state index < -0.39 is 0 Å². The maximum absolute atomic E-state index is 3.84. The van der Waals surface area contributed by atoms with Crippen LogP contribution in [0.15, 0.2) is 18.5 Å². The minimum Gasteiger partial charge on any atom is -0.311 e. The SMILES string of the molecule is c1cc(CNCCN2CCCC2)cnn1. The van der Waals surface area contributed by atoms with Crippen LogP contribution in [0.5, 0.6) is 0 Å². The van der Waals surface area contributed by atoms with Crippen molar-refractivity contribution in [2.24, 2.45) is 0 Å². The molecular formula is C11H18N4. The van der Waals surface area contributed by atoms with E-state index in [0.29, 0.717) is 0 Å². The van der Waals surface area contributed by atoms with E-state index in [1.165, 1.54) is 38.0 Å². The van der Waals surface area contributed by atoms with E-state index in [1.54, 1.807) is 6.20 Å². The zero-order valence-electron chi connectivity index (χ0n) is 9.02. The topological polar surface area (TPSA) is 41.0 Å². The third kappa shape index (κ3) is 3.57. The van der Waals surface area contributed by atoms with Crippen LogP contribution in [0.25, 0.3) is 0 Å². The van der Waals surface area contributed by atoms with Gasteiger partial charge in [0, 0.05) is 25.8 Å². The molecule has 0 atom stereocenters. The van der Waals surface area contributed by atoms with Crippen molar-refractivity contribution < 1.29 is 0 Å². The number of rotatable bonds is 5. The lowest BCUT2D eigenvalue weighted by Gasteiger charge is -2.14. The van der Waals surface area contributed by atoms with Crippen LogP contribution in [0.2, 0.25) is 0 Å². The molecule has 15 heavy (non-hydrogen) atoms. The number of hydrogen-bond donors (Lipinski definition) is 1. The third-order valence-electron chi connectivity index (χ3n) is 2.78. The molecule has 1 aliphatic heterocycles. The van der Waals surface area contributed by atoms with Gasteiger partial charge < -0.3 is 10.2 Å². The second-order valence-electron chi connectivity index (χ2n) is 3.98. The Labute approximate surface area is 90.7 Å². The molecule has 4 heteroatoms. The molecule has 0 radical (unpaired) electrons. The molecular weight excluding hydrogens is 188 g/mol. The van der Waals surface area contributed by atoms with E-state index in [9.17, 15) is 0 Å². The van der Waals surface area contributed by atoms with Crippen molar-refractivity contribution in [3.05, 3.63) is 24.0 Å². The summed E-state index contributed by atoms with van der Waals surface area (Å²) in [6, 6.07) is 2.00. The van der Waals surface area contributed by atoms with Gasteiger partial charge in [0.05, 0.1) is 6.20 Å². The predicted molar refractivity (Wildman–Crippen MR) is 59.4 cm³/mol. The summed E-state index contributed by atoms with van der Waals surface area (Å²) >= 11 is 0. The zero-order valence-corrected chi connectivity index (χ0v) is 9.02. The molecule has 1 aliphatic rings. The van der Waals surface area contributed by atoms with Crippen molar-refractivity contribution in [3.63, 3.8) is 0 Å². The van der Waals surface area contributed by atoms with Crippen LogP contribution in [0.1, 0.15) is 18.4 Å². The summed E-state index contributed by atoms with van der Waals surface area (Å²) in [5.41, 5.74) is 1.20. The van der Waals surface area contributed by atoms with Gasteiger partial charge in [-0.25, -0.2) is 0 Å². The van der Waals surface area contributed by atoms with Gasteiger partial charge in [0.1, 0.15) is 0 Å². The minimum atomic E-state index is 0.892. The highest BCUT2D eigenvalue weighted by molar-refractivity contribution is 5.04. The van der Waals surface area contributed by atoms with E-state index in [1.807, 2.05) is 12.3 Å². The average molecular weight is 206 g/mol. The lowest BCUT2D eigenvalue weighted by molar-refractivity contribution is 0.335. The monoisotopic (exact) mass is 206 g/mol. The van der Waals surface area contributed by atoms with Gasteiger partial charge in [-0.15, -0.1) is 0 Å². The van der Waals surface area contributed by atoms with Crippen molar-refractivity contribution in [2.75, 3.05) is 26.2 Å². The molecule has 2 heterocycles. The standard InChI is InChI=1S/C11H18N4/c1-2-7-15(6-1)8-5-12-9-11-3-4-13-14-10-11/h3-4,10,12H,1-2,5-9H2. The lowest BCUT2D eigenvalue weighted by atomic mass is 10.3. The van der Waals surface area contributed by atoms with Crippen LogP contribution in [0, 0.1) is 0 Å². The van der Waals surface area contributed by atoms with Gasteiger partial charge in [-0.2, -0.15) is 10.2 Å². The van der Waals surface area contributed by atoms with Gasteiger partial charge >= 0.3 is 0 Å². The molecule has 1 fully saturated rings. The molecule has 4 nitrogen and oxygen atoms in total. The first-order chi connectivity index (χ1) is 7.45. The van der Waals surface area contributed by atoms with Crippen LogP contribution in [0.4, 0.5) is 0 Å². The highest BCUT2D eigenvalue weighted by atomic mass is 15.1. The van der Waals surface area contributed by atoms with Gasteiger partial charge in [-0.05, 0) is 37.6 Å². The number of nitrogens with one attached hydrogen (secondary N) is 1. The number of nitrogens with zero attached hydrogens (tertiary/aromatic N) is 3. The summed E-state index contributed by atoms with van der Waals surface area (Å²) in [7, 11) is 0. The Balaban J connectivity index is 1.59. The first-order valence-electron chi connectivity index (χ1n) is 5.64. The molecule has 0 unspecified atom stereocenters. The van der Waals surface area contributed by atoms with Crippen LogP contribution < -0.4 is 5.32 Å². The van der Waals surface area contributed by atoms with E-state index in [2.05, 4.69) is 20.4 Å². The third-order valence-corrected chi connectivity index (χ3v) is 2.78. The van der Waals surface area contributed by atoms with Gasteiger partial charge in [-0.1, -0.05) is 0 Å². The Bertz CT molecular complexity index is 269. The lowest BCUT2D eigenvalue weighted by Crippen LogP contribution is -2.29. The summed E-state index contributed by atoms with van der Waals surface area (Å²) in [6.07, 6.45) is 6.28. The molecule has 0 saturated carbocycles. The molecule has 0 amide bonds. The van der Waals surface area contributed by atoms with Crippen molar-refractivity contribution in [1.82, 2.24) is 20.4 Å². The van der Waals surface area contributed by atoms with E-state index in [4.69, 9.17) is 0 Å². The maximum Gasteiger partial charge on any atom is 0.0541 e. The fraction of sp³-hybridized carbons (Fsp3) is 0.636. The number of likely N-dealkylation sites (tertiary alicyclic amines) is 1. The Morgan fingerprint density at radius 1 is 1.27 bits per heavy atom. The van der Waals surface area contributed by atoms with Crippen molar-refractivity contribution in [3.8, 4) is 0 Å². The summed E-state index contributed by atoms with van der Waals surface area (Å²) in [6.45, 7) is 5.67. The minimum absolute atomic E-state index is 0.892. The molecule has 82 valence electrons. The molecule has 0 spiro atoms. The number of hydrogen-bond acceptors (Lipinski definition) is 4. The maximum atomic E-state index is 3.84. The van der Waals surface area contributed by atoms with Crippen molar-refractivity contribution in [2.45, 2.75) is 19.4 Å². The molecule has 0 aromatic carbocycles. The molecule has 1 aromatic rings. The molecule has 1 saturated heterocycles. The highest BCUT2D eigenvalue weighted by Crippen LogP contribution is 2.05. The highest BCUT2D eigenvalue weighted by Gasteiger charge is 2.09. The molecule has 1 N–H and O–H groups in total. The molecule has 2 rings (SSSR count). The van der Waals surface area contributed by atoms with Crippen molar-refractivity contribution in [1.29, 1.82) is 0 Å². The summed E-state index contributed by atoms with van der Waals surface area (Å²) < 4.78 is 0. The van der Waals surface area contributed by atoms with Crippen LogP contribution >= 0.6 is 0 Å². The van der Waals surface area contributed by atoms with Gasteiger partial charge in [-0.3, -0.25) is 0 Å². The van der Waals surface area contributed by atoms with E-state index in [-0.39, 0.29) is 0 Å². The van der Waals surface area contributed by atoms with E-state index >= 15 is 0 Å². The first kappa shape index (κ1) is 10.5. The largest absolute Gasteiger partial charge is 0.311 e. The van der Waals surface area contributed by atoms with Gasteiger partial charge in [0.25, 0.3) is 0 Å². The van der Waals surface area contributed by atoms with Crippen LogP contribution in [0.3, 0.4) is 0 Å². The first-order valence-corrected chi connectivity index (χ1v) is 5.64. The van der Waals surface area contributed by atoms with Crippen LogP contribution in [-0.4, -0.2) is 41.3 Å². The molecule has 1 aromatic heterocycles. The van der Waals surface area contributed by atoms with Gasteiger partial charge in [0.15, 0.2) is 0 Å². The van der Waals surface area contributed by atoms with Crippen molar-refractivity contribution >= 4 is 0 Å². The van der Waals surface area contributed by atoms with Gasteiger partial charge in [0.2, 0.25) is 0 Å². The fourth-order valence-electron chi connectivity index (χ4n) is 1.90. The average Bonchev–Trinajstić information content (AvgIpc) is 2.79. The second-order valence-corrected chi connectivity index (χ2v) is 3.98. The second kappa shape index (κ2) is 5.78. The molecule has 0 bridgehead atoms. The Kier molecular flexibility index (Phi) is 4.05. The Hall–Kier alpha value is -1.00. The molecule has 0 aliphatic carbocycles.